The maximum absolute atomic E-state index is 13.0. The first-order valence-corrected chi connectivity index (χ1v) is 9.12. The molecule has 0 unspecified atom stereocenters. The van der Waals surface area contributed by atoms with Gasteiger partial charge in [0.2, 0.25) is 0 Å². The van der Waals surface area contributed by atoms with Crippen LogP contribution < -0.4 is 10.3 Å². The first-order chi connectivity index (χ1) is 11.6. The first kappa shape index (κ1) is 16.7. The lowest BCUT2D eigenvalue weighted by molar-refractivity contribution is 0.340. The van der Waals surface area contributed by atoms with Crippen LogP contribution in [0, 0.1) is 13.8 Å². The van der Waals surface area contributed by atoms with E-state index in [1.807, 2.05) is 38.1 Å². The second-order valence-corrected chi connectivity index (χ2v) is 6.99. The number of aromatic nitrogens is 2. The van der Waals surface area contributed by atoms with Crippen LogP contribution in [0.1, 0.15) is 31.0 Å². The van der Waals surface area contributed by atoms with Crippen molar-refractivity contribution in [2.24, 2.45) is 0 Å². The van der Waals surface area contributed by atoms with Gasteiger partial charge in [-0.3, -0.25) is 9.36 Å². The molecule has 2 heterocycles. The zero-order valence-corrected chi connectivity index (χ0v) is 15.4. The molecule has 126 valence electrons. The minimum absolute atomic E-state index is 0.0626. The topological polar surface area (TPSA) is 44.1 Å². The van der Waals surface area contributed by atoms with E-state index in [1.165, 1.54) is 0 Å². The van der Waals surface area contributed by atoms with Crippen LogP contribution in [0.3, 0.4) is 0 Å². The monoisotopic (exact) mass is 342 g/mol. The van der Waals surface area contributed by atoms with Crippen LogP contribution in [-0.4, -0.2) is 16.2 Å². The first-order valence-electron chi connectivity index (χ1n) is 8.30. The van der Waals surface area contributed by atoms with Gasteiger partial charge in [0, 0.05) is 17.0 Å². The third kappa shape index (κ3) is 2.84. The Morgan fingerprint density at radius 3 is 2.50 bits per heavy atom. The number of hydrogen-bond acceptors (Lipinski definition) is 4. The molecule has 2 aromatic heterocycles. The number of benzene rings is 1. The maximum atomic E-state index is 13.0. The van der Waals surface area contributed by atoms with Crippen LogP contribution in [0.15, 0.2) is 29.1 Å². The molecule has 3 aromatic rings. The highest BCUT2D eigenvalue weighted by molar-refractivity contribution is 7.19. The van der Waals surface area contributed by atoms with Gasteiger partial charge in [-0.15, -0.1) is 11.3 Å². The van der Waals surface area contributed by atoms with Crippen LogP contribution >= 0.6 is 11.3 Å². The molecule has 0 spiro atoms. The van der Waals surface area contributed by atoms with Crippen molar-refractivity contribution >= 4 is 21.6 Å². The van der Waals surface area contributed by atoms with Crippen molar-refractivity contribution in [3.63, 3.8) is 0 Å². The predicted molar refractivity (Wildman–Crippen MR) is 100 cm³/mol. The molecule has 0 atom stereocenters. The van der Waals surface area contributed by atoms with E-state index in [2.05, 4.69) is 18.8 Å². The summed E-state index contributed by atoms with van der Waals surface area (Å²) in [7, 11) is 0. The van der Waals surface area contributed by atoms with Gasteiger partial charge >= 0.3 is 0 Å². The Kier molecular flexibility index (Phi) is 4.71. The second-order valence-electron chi connectivity index (χ2n) is 5.79. The minimum atomic E-state index is 0.0626. The Balaban J connectivity index is 2.22. The van der Waals surface area contributed by atoms with Crippen molar-refractivity contribution in [1.82, 2.24) is 9.55 Å². The Morgan fingerprint density at radius 2 is 1.88 bits per heavy atom. The molecule has 0 saturated heterocycles. The smallest absolute Gasteiger partial charge is 0.262 e. The predicted octanol–water partition coefficient (Wildman–Crippen LogP) is 4.55. The summed E-state index contributed by atoms with van der Waals surface area (Å²) in [6, 6.07) is 7.94. The van der Waals surface area contributed by atoms with E-state index in [4.69, 9.17) is 4.74 Å². The van der Waals surface area contributed by atoms with Gasteiger partial charge in [0.15, 0.2) is 0 Å². The van der Waals surface area contributed by atoms with Crippen molar-refractivity contribution in [3.05, 3.63) is 45.3 Å². The van der Waals surface area contributed by atoms with Gasteiger partial charge in [-0.1, -0.05) is 19.1 Å². The number of aryl methyl sites for hydroxylation is 2. The molecule has 0 N–H and O–H groups in total. The lowest BCUT2D eigenvalue weighted by Gasteiger charge is -2.09. The number of hydrogen-bond donors (Lipinski definition) is 0. The van der Waals surface area contributed by atoms with Crippen molar-refractivity contribution in [2.45, 2.75) is 40.7 Å². The van der Waals surface area contributed by atoms with Crippen LogP contribution in [0.2, 0.25) is 0 Å². The molecule has 1 aromatic carbocycles. The summed E-state index contributed by atoms with van der Waals surface area (Å²) < 4.78 is 7.30. The molecule has 0 radical (unpaired) electrons. The van der Waals surface area contributed by atoms with Crippen LogP contribution in [0.4, 0.5) is 0 Å². The molecule has 0 fully saturated rings. The summed E-state index contributed by atoms with van der Waals surface area (Å²) in [6.07, 6.45) is 0.912. The quantitative estimate of drug-likeness (QED) is 0.683. The highest BCUT2D eigenvalue weighted by atomic mass is 32.1. The number of thiophene rings is 1. The Bertz CT molecular complexity index is 923. The molecule has 4 nitrogen and oxygen atoms in total. The lowest BCUT2D eigenvalue weighted by Crippen LogP contribution is -2.23. The van der Waals surface area contributed by atoms with E-state index in [-0.39, 0.29) is 5.56 Å². The minimum Gasteiger partial charge on any atom is -0.494 e. The summed E-state index contributed by atoms with van der Waals surface area (Å²) in [5, 5.41) is 0.737. The van der Waals surface area contributed by atoms with E-state index >= 15 is 0 Å². The molecule has 0 saturated carbocycles. The van der Waals surface area contributed by atoms with Gasteiger partial charge in [-0.2, -0.15) is 0 Å². The fraction of sp³-hybridized carbons (Fsp3) is 0.368. The Morgan fingerprint density at radius 1 is 1.17 bits per heavy atom. The molecule has 0 amide bonds. The van der Waals surface area contributed by atoms with Crippen molar-refractivity contribution in [2.75, 3.05) is 6.61 Å². The molecule has 0 aliphatic rings. The summed E-state index contributed by atoms with van der Waals surface area (Å²) in [5.74, 6) is 1.63. The zero-order valence-electron chi connectivity index (χ0n) is 14.5. The third-order valence-electron chi connectivity index (χ3n) is 4.08. The lowest BCUT2D eigenvalue weighted by atomic mass is 10.0. The second kappa shape index (κ2) is 6.77. The van der Waals surface area contributed by atoms with Gasteiger partial charge in [-0.05, 0) is 44.9 Å². The summed E-state index contributed by atoms with van der Waals surface area (Å²) in [5.41, 5.74) is 2.10. The van der Waals surface area contributed by atoms with E-state index < -0.39 is 0 Å². The molecule has 3 rings (SSSR count). The number of nitrogens with zero attached hydrogens (tertiary/aromatic N) is 2. The Labute approximate surface area is 145 Å². The summed E-state index contributed by atoms with van der Waals surface area (Å²) >= 11 is 1.59. The average molecular weight is 342 g/mol. The van der Waals surface area contributed by atoms with Gasteiger partial charge in [0.25, 0.3) is 5.56 Å². The maximum Gasteiger partial charge on any atom is 0.262 e. The third-order valence-corrected chi connectivity index (χ3v) is 5.08. The van der Waals surface area contributed by atoms with E-state index in [1.54, 1.807) is 15.9 Å². The van der Waals surface area contributed by atoms with Crippen LogP contribution in [-0.2, 0) is 6.54 Å². The van der Waals surface area contributed by atoms with Crippen molar-refractivity contribution < 1.29 is 4.74 Å². The number of rotatable bonds is 5. The van der Waals surface area contributed by atoms with Gasteiger partial charge in [-0.25, -0.2) is 4.98 Å². The normalized spacial score (nSPS) is 11.2. The van der Waals surface area contributed by atoms with Crippen molar-refractivity contribution in [1.29, 1.82) is 0 Å². The van der Waals surface area contributed by atoms with Gasteiger partial charge < -0.3 is 4.74 Å². The van der Waals surface area contributed by atoms with Gasteiger partial charge in [0.05, 0.1) is 12.0 Å². The molecule has 5 heteroatoms. The van der Waals surface area contributed by atoms with E-state index in [9.17, 15) is 4.79 Å². The number of ether oxygens (including phenoxy) is 1. The highest BCUT2D eigenvalue weighted by Crippen LogP contribution is 2.36. The van der Waals surface area contributed by atoms with Crippen molar-refractivity contribution in [3.8, 4) is 16.9 Å². The van der Waals surface area contributed by atoms with E-state index in [0.29, 0.717) is 13.2 Å². The molecule has 0 aliphatic carbocycles. The largest absolute Gasteiger partial charge is 0.494 e. The Hall–Kier alpha value is -2.14. The average Bonchev–Trinajstić information content (AvgIpc) is 2.88. The van der Waals surface area contributed by atoms with E-state index in [0.717, 1.165) is 44.2 Å². The molecule has 0 bridgehead atoms. The molecular weight excluding hydrogens is 320 g/mol. The van der Waals surface area contributed by atoms with Crippen LogP contribution in [0.25, 0.3) is 21.3 Å². The molecule has 24 heavy (non-hydrogen) atoms. The summed E-state index contributed by atoms with van der Waals surface area (Å²) in [4.78, 5) is 19.6. The SMILES string of the molecule is CCCn1c(C)nc2sc(C)c(-c3ccc(OCC)cc3)c2c1=O. The van der Waals surface area contributed by atoms with Crippen LogP contribution in [0.5, 0.6) is 5.75 Å². The fourth-order valence-corrected chi connectivity index (χ4v) is 4.10. The summed E-state index contributed by atoms with van der Waals surface area (Å²) in [6.45, 7) is 9.34. The standard InChI is InChI=1S/C19H22N2O2S/c1-5-11-21-13(4)20-18-17(19(21)22)16(12(3)24-18)14-7-9-15(10-8-14)23-6-2/h7-10H,5-6,11H2,1-4H3. The fourth-order valence-electron chi connectivity index (χ4n) is 3.02. The number of fused-ring (bicyclic) bond motifs is 1. The molecule has 0 aliphatic heterocycles. The van der Waals surface area contributed by atoms with Gasteiger partial charge in [0.1, 0.15) is 16.4 Å². The molecular formula is C19H22N2O2S. The highest BCUT2D eigenvalue weighted by Gasteiger charge is 2.18. The zero-order chi connectivity index (χ0) is 17.3.